The van der Waals surface area contributed by atoms with Crippen LogP contribution in [-0.4, -0.2) is 49.2 Å². The van der Waals surface area contributed by atoms with Crippen molar-refractivity contribution in [3.63, 3.8) is 0 Å². The number of amides is 1. The zero-order chi connectivity index (χ0) is 13.0. The number of carbonyl (C=O) groups is 1. The first-order valence-corrected chi connectivity index (χ1v) is 4.95. The fraction of sp³-hybridized carbons (Fsp3) is 0.889. The van der Waals surface area contributed by atoms with Gasteiger partial charge in [0.1, 0.15) is 0 Å². The Labute approximate surface area is 93.0 Å². The van der Waals surface area contributed by atoms with Gasteiger partial charge in [-0.15, -0.1) is 0 Å². The number of nitrogens with zero attached hydrogens (tertiary/aromatic N) is 1. The summed E-state index contributed by atoms with van der Waals surface area (Å²) in [6.45, 7) is 3.95. The third-order valence-corrected chi connectivity index (χ3v) is 2.38. The third-order valence-electron chi connectivity index (χ3n) is 2.38. The van der Waals surface area contributed by atoms with Gasteiger partial charge in [-0.05, 0) is 20.5 Å². The topological polar surface area (TPSA) is 58.4 Å². The van der Waals surface area contributed by atoms with Crippen LogP contribution < -0.4 is 11.1 Å². The maximum absolute atomic E-state index is 12.3. The van der Waals surface area contributed by atoms with E-state index in [0.29, 0.717) is 13.5 Å². The second kappa shape index (κ2) is 5.49. The molecule has 0 aliphatic carbocycles. The van der Waals surface area contributed by atoms with Gasteiger partial charge in [0.05, 0.1) is 0 Å². The van der Waals surface area contributed by atoms with E-state index in [1.807, 2.05) is 11.8 Å². The monoisotopic (exact) mass is 241 g/mol. The molecule has 0 rings (SSSR count). The highest BCUT2D eigenvalue weighted by molar-refractivity contribution is 5.86. The summed E-state index contributed by atoms with van der Waals surface area (Å²) in [7, 11) is 1.80. The van der Waals surface area contributed by atoms with Crippen molar-refractivity contribution in [2.24, 2.45) is 5.73 Å². The van der Waals surface area contributed by atoms with Gasteiger partial charge in [-0.3, -0.25) is 4.79 Å². The highest BCUT2D eigenvalue weighted by Gasteiger charge is 2.53. The van der Waals surface area contributed by atoms with Gasteiger partial charge in [0.15, 0.2) is 5.54 Å². The Morgan fingerprint density at radius 2 is 1.94 bits per heavy atom. The molecule has 0 aromatic rings. The van der Waals surface area contributed by atoms with Crippen molar-refractivity contribution in [1.82, 2.24) is 10.2 Å². The SMILES string of the molecule is CCN(C)CCNC(=O)C(C)(N)C(F)(F)F. The van der Waals surface area contributed by atoms with Gasteiger partial charge in [-0.2, -0.15) is 13.2 Å². The number of hydrogen-bond donors (Lipinski definition) is 2. The van der Waals surface area contributed by atoms with Crippen molar-refractivity contribution >= 4 is 5.91 Å². The molecule has 0 aromatic heterocycles. The van der Waals surface area contributed by atoms with Gasteiger partial charge >= 0.3 is 6.18 Å². The van der Waals surface area contributed by atoms with E-state index in [0.717, 1.165) is 6.54 Å². The van der Waals surface area contributed by atoms with Crippen LogP contribution in [0, 0.1) is 0 Å². The summed E-state index contributed by atoms with van der Waals surface area (Å²) in [5, 5.41) is 2.17. The molecule has 1 unspecified atom stereocenters. The molecular formula is C9H18F3N3O. The van der Waals surface area contributed by atoms with Crippen LogP contribution in [0.4, 0.5) is 13.2 Å². The molecule has 0 radical (unpaired) electrons. The molecule has 16 heavy (non-hydrogen) atoms. The van der Waals surface area contributed by atoms with Crippen LogP contribution in [0.25, 0.3) is 0 Å². The van der Waals surface area contributed by atoms with Gasteiger partial charge in [0.25, 0.3) is 0 Å². The van der Waals surface area contributed by atoms with Crippen molar-refractivity contribution in [3.8, 4) is 0 Å². The molecule has 0 aromatic carbocycles. The number of alkyl halides is 3. The summed E-state index contributed by atoms with van der Waals surface area (Å²) in [5.74, 6) is -1.20. The average molecular weight is 241 g/mol. The lowest BCUT2D eigenvalue weighted by molar-refractivity contribution is -0.187. The summed E-state index contributed by atoms with van der Waals surface area (Å²) in [6, 6.07) is 0. The minimum absolute atomic E-state index is 0.145. The van der Waals surface area contributed by atoms with Crippen molar-refractivity contribution in [3.05, 3.63) is 0 Å². The average Bonchev–Trinajstić information content (AvgIpc) is 2.15. The Bertz CT molecular complexity index is 241. The van der Waals surface area contributed by atoms with Crippen LogP contribution in [0.2, 0.25) is 0 Å². The highest BCUT2D eigenvalue weighted by atomic mass is 19.4. The number of nitrogens with one attached hydrogen (secondary N) is 1. The number of nitrogens with two attached hydrogens (primary N) is 1. The summed E-state index contributed by atoms with van der Waals surface area (Å²) in [5.41, 5.74) is 2.10. The first-order chi connectivity index (χ1) is 7.13. The number of carbonyl (C=O) groups excluding carboxylic acids is 1. The molecule has 0 saturated carbocycles. The normalized spacial score (nSPS) is 16.0. The molecule has 0 fully saturated rings. The van der Waals surface area contributed by atoms with Crippen LogP contribution in [-0.2, 0) is 4.79 Å². The molecule has 0 saturated heterocycles. The van der Waals surface area contributed by atoms with Crippen molar-refractivity contribution < 1.29 is 18.0 Å². The Balaban J connectivity index is 4.17. The van der Waals surface area contributed by atoms with Crippen molar-refractivity contribution in [1.29, 1.82) is 0 Å². The molecule has 1 amide bonds. The fourth-order valence-electron chi connectivity index (χ4n) is 0.831. The molecule has 1 atom stereocenters. The summed E-state index contributed by atoms with van der Waals surface area (Å²) < 4.78 is 37.0. The van der Waals surface area contributed by atoms with E-state index in [4.69, 9.17) is 5.73 Å². The Morgan fingerprint density at radius 1 is 1.44 bits per heavy atom. The summed E-state index contributed by atoms with van der Waals surface area (Å²) in [6.07, 6.45) is -4.74. The highest BCUT2D eigenvalue weighted by Crippen LogP contribution is 2.27. The zero-order valence-corrected chi connectivity index (χ0v) is 9.69. The molecular weight excluding hydrogens is 223 g/mol. The smallest absolute Gasteiger partial charge is 0.353 e. The lowest BCUT2D eigenvalue weighted by atomic mass is 10.0. The van der Waals surface area contributed by atoms with Gasteiger partial charge in [0, 0.05) is 13.1 Å². The van der Waals surface area contributed by atoms with Gasteiger partial charge in [0.2, 0.25) is 5.91 Å². The van der Waals surface area contributed by atoms with E-state index in [-0.39, 0.29) is 6.54 Å². The number of rotatable bonds is 5. The standard InChI is InChI=1S/C9H18F3N3O/c1-4-15(3)6-5-14-7(16)8(2,13)9(10,11)12/h4-6,13H2,1-3H3,(H,14,16). The maximum Gasteiger partial charge on any atom is 0.415 e. The van der Waals surface area contributed by atoms with Crippen LogP contribution >= 0.6 is 0 Å². The summed E-state index contributed by atoms with van der Waals surface area (Å²) >= 11 is 0. The molecule has 0 spiro atoms. The molecule has 96 valence electrons. The minimum Gasteiger partial charge on any atom is -0.353 e. The molecule has 0 aliphatic rings. The molecule has 0 heterocycles. The largest absolute Gasteiger partial charge is 0.415 e. The van der Waals surface area contributed by atoms with Gasteiger partial charge in [-0.25, -0.2) is 0 Å². The van der Waals surface area contributed by atoms with Crippen molar-refractivity contribution in [2.75, 3.05) is 26.7 Å². The molecule has 0 bridgehead atoms. The Hall–Kier alpha value is -0.820. The van der Waals surface area contributed by atoms with E-state index in [1.165, 1.54) is 0 Å². The maximum atomic E-state index is 12.3. The Kier molecular flexibility index (Phi) is 5.21. The predicted molar refractivity (Wildman–Crippen MR) is 54.8 cm³/mol. The van der Waals surface area contributed by atoms with E-state index in [2.05, 4.69) is 5.32 Å². The first-order valence-electron chi connectivity index (χ1n) is 4.95. The van der Waals surface area contributed by atoms with Gasteiger partial charge < -0.3 is 16.0 Å². The lowest BCUT2D eigenvalue weighted by Gasteiger charge is -2.26. The second-order valence-electron chi connectivity index (χ2n) is 3.85. The minimum atomic E-state index is -4.74. The van der Waals surface area contributed by atoms with E-state index < -0.39 is 17.6 Å². The molecule has 7 heteroatoms. The fourth-order valence-corrected chi connectivity index (χ4v) is 0.831. The van der Waals surface area contributed by atoms with Crippen LogP contribution in [0.5, 0.6) is 0 Å². The Morgan fingerprint density at radius 3 is 2.31 bits per heavy atom. The van der Waals surface area contributed by atoms with E-state index >= 15 is 0 Å². The zero-order valence-electron chi connectivity index (χ0n) is 9.69. The van der Waals surface area contributed by atoms with E-state index in [9.17, 15) is 18.0 Å². The first kappa shape index (κ1) is 15.2. The van der Waals surface area contributed by atoms with Crippen LogP contribution in [0.3, 0.4) is 0 Å². The molecule has 3 N–H and O–H groups in total. The predicted octanol–water partition coefficient (Wildman–Crippen LogP) is 0.334. The van der Waals surface area contributed by atoms with E-state index in [1.54, 1.807) is 7.05 Å². The third kappa shape index (κ3) is 3.97. The quantitative estimate of drug-likeness (QED) is 0.729. The second-order valence-corrected chi connectivity index (χ2v) is 3.85. The van der Waals surface area contributed by atoms with Gasteiger partial charge in [-0.1, -0.05) is 6.92 Å². The molecule has 0 aliphatic heterocycles. The number of halogens is 3. The lowest BCUT2D eigenvalue weighted by Crippen LogP contribution is -2.61. The number of hydrogen-bond acceptors (Lipinski definition) is 3. The van der Waals surface area contributed by atoms with Crippen LogP contribution in [0.1, 0.15) is 13.8 Å². The van der Waals surface area contributed by atoms with Crippen molar-refractivity contribution in [2.45, 2.75) is 25.6 Å². The number of likely N-dealkylation sites (N-methyl/N-ethyl adjacent to an activating group) is 1. The van der Waals surface area contributed by atoms with Crippen LogP contribution in [0.15, 0.2) is 0 Å². The molecule has 4 nitrogen and oxygen atoms in total. The summed E-state index contributed by atoms with van der Waals surface area (Å²) in [4.78, 5) is 13.1.